The van der Waals surface area contributed by atoms with Gasteiger partial charge < -0.3 is 9.72 Å². The number of alkyl halides is 3. The number of nitriles is 1. The van der Waals surface area contributed by atoms with Crippen molar-refractivity contribution in [3.05, 3.63) is 81.7 Å². The highest BCUT2D eigenvalue weighted by atomic mass is 35.5. The zero-order valence-electron chi connectivity index (χ0n) is 23.7. The van der Waals surface area contributed by atoms with Crippen LogP contribution in [0.2, 0.25) is 5.02 Å². The topological polar surface area (TPSA) is 116 Å². The molecule has 0 spiro atoms. The third-order valence-corrected chi connectivity index (χ3v) is 8.41. The van der Waals surface area contributed by atoms with Gasteiger partial charge in [-0.3, -0.25) is 9.88 Å². The molecule has 0 unspecified atom stereocenters. The van der Waals surface area contributed by atoms with Crippen LogP contribution in [0.25, 0.3) is 11.4 Å². The molecular formula is C30H26ClF5N8O. The van der Waals surface area contributed by atoms with Gasteiger partial charge in [0.05, 0.1) is 29.1 Å². The number of nitrogens with one attached hydrogen (secondary N) is 1. The van der Waals surface area contributed by atoms with Crippen molar-refractivity contribution in [2.75, 3.05) is 13.1 Å². The quantitative estimate of drug-likeness (QED) is 0.208. The number of halogens is 6. The predicted molar refractivity (Wildman–Crippen MR) is 151 cm³/mol. The molecule has 1 aliphatic carbocycles. The van der Waals surface area contributed by atoms with Crippen molar-refractivity contribution in [3.8, 4) is 23.5 Å². The average molecular weight is 645 g/mol. The number of H-pyrrole nitrogens is 1. The molecule has 0 radical (unpaired) electrons. The van der Waals surface area contributed by atoms with Crippen molar-refractivity contribution in [2.45, 2.75) is 57.3 Å². The average Bonchev–Trinajstić information content (AvgIpc) is 3.59. The Morgan fingerprint density at radius 1 is 1.04 bits per heavy atom. The maximum Gasteiger partial charge on any atom is 0.451 e. The fraction of sp³-hybridized carbons (Fsp3) is 0.400. The van der Waals surface area contributed by atoms with E-state index >= 15 is 0 Å². The lowest BCUT2D eigenvalue weighted by atomic mass is 9.92. The van der Waals surface area contributed by atoms with E-state index in [2.05, 4.69) is 41.1 Å². The number of aromatic amines is 1. The molecule has 1 aliphatic heterocycles. The van der Waals surface area contributed by atoms with E-state index in [9.17, 15) is 27.2 Å². The van der Waals surface area contributed by atoms with E-state index in [0.717, 1.165) is 24.6 Å². The first-order valence-electron chi connectivity index (χ1n) is 14.2. The van der Waals surface area contributed by atoms with E-state index in [1.165, 1.54) is 24.4 Å². The van der Waals surface area contributed by atoms with Gasteiger partial charge in [0.2, 0.25) is 5.82 Å². The van der Waals surface area contributed by atoms with Crippen LogP contribution in [0.3, 0.4) is 0 Å². The number of nitrogens with zero attached hydrogens (tertiary/aromatic N) is 7. The van der Waals surface area contributed by atoms with E-state index in [4.69, 9.17) is 16.3 Å². The zero-order valence-corrected chi connectivity index (χ0v) is 24.5. The second-order valence-electron chi connectivity index (χ2n) is 11.4. The monoisotopic (exact) mass is 644 g/mol. The molecule has 9 nitrogen and oxygen atoms in total. The Labute approximate surface area is 259 Å². The Morgan fingerprint density at radius 2 is 1.82 bits per heavy atom. The minimum atomic E-state index is -4.66. The number of rotatable bonds is 9. The van der Waals surface area contributed by atoms with Gasteiger partial charge in [-0.05, 0) is 69.0 Å². The van der Waals surface area contributed by atoms with Gasteiger partial charge in [0.15, 0.2) is 11.6 Å². The molecule has 0 amide bonds. The summed E-state index contributed by atoms with van der Waals surface area (Å²) in [7, 11) is 0. The Kier molecular flexibility index (Phi) is 8.41. The molecule has 1 saturated carbocycles. The van der Waals surface area contributed by atoms with Gasteiger partial charge in [0.1, 0.15) is 12.4 Å². The van der Waals surface area contributed by atoms with Crippen molar-refractivity contribution in [2.24, 2.45) is 5.41 Å². The first-order valence-corrected chi connectivity index (χ1v) is 14.6. The van der Waals surface area contributed by atoms with Gasteiger partial charge in [-0.15, -0.1) is 10.2 Å². The second kappa shape index (κ2) is 12.3. The molecule has 0 bridgehead atoms. The molecule has 1 aromatic carbocycles. The molecule has 2 aliphatic rings. The number of aromatic nitrogens is 6. The highest BCUT2D eigenvalue weighted by Gasteiger charge is 2.44. The summed E-state index contributed by atoms with van der Waals surface area (Å²) in [5.74, 6) is -2.53. The Morgan fingerprint density at radius 3 is 2.49 bits per heavy atom. The van der Waals surface area contributed by atoms with Crippen molar-refractivity contribution in [1.82, 2.24) is 35.0 Å². The third kappa shape index (κ3) is 7.04. The molecule has 4 heterocycles. The smallest absolute Gasteiger partial charge is 0.451 e. The minimum Gasteiger partial charge on any atom is -0.458 e. The fourth-order valence-electron chi connectivity index (χ4n) is 5.40. The minimum absolute atomic E-state index is 0.0567. The summed E-state index contributed by atoms with van der Waals surface area (Å²) < 4.78 is 73.6. The van der Waals surface area contributed by atoms with Gasteiger partial charge in [-0.1, -0.05) is 17.7 Å². The molecular weight excluding hydrogens is 619 g/mol. The summed E-state index contributed by atoms with van der Waals surface area (Å²) in [4.78, 5) is 17.1. The number of benzene rings is 1. The van der Waals surface area contributed by atoms with Gasteiger partial charge in [-0.25, -0.2) is 13.8 Å². The molecule has 4 aromatic rings. The summed E-state index contributed by atoms with van der Waals surface area (Å²) in [5.41, 5.74) is 1.81. The van der Waals surface area contributed by atoms with Crippen LogP contribution in [0.5, 0.6) is 6.01 Å². The van der Waals surface area contributed by atoms with Crippen LogP contribution in [0.4, 0.5) is 22.0 Å². The Balaban J connectivity index is 1.13. The number of pyridine rings is 1. The van der Waals surface area contributed by atoms with E-state index in [1.54, 1.807) is 6.07 Å². The summed E-state index contributed by atoms with van der Waals surface area (Å²) in [6.45, 7) is 1.50. The van der Waals surface area contributed by atoms with E-state index < -0.39 is 29.1 Å². The molecule has 15 heteroatoms. The number of likely N-dealkylation sites (tertiary alicyclic amines) is 1. The summed E-state index contributed by atoms with van der Waals surface area (Å²) in [6, 6.07) is 8.24. The maximum absolute atomic E-state index is 14.8. The van der Waals surface area contributed by atoms with Crippen LogP contribution in [-0.2, 0) is 25.7 Å². The van der Waals surface area contributed by atoms with E-state index in [1.807, 2.05) is 0 Å². The highest BCUT2D eigenvalue weighted by Crippen LogP contribution is 2.48. The molecule has 234 valence electrons. The fourth-order valence-corrected chi connectivity index (χ4v) is 5.56. The van der Waals surface area contributed by atoms with Crippen LogP contribution < -0.4 is 4.74 Å². The number of piperidine rings is 1. The maximum atomic E-state index is 14.8. The largest absolute Gasteiger partial charge is 0.458 e. The van der Waals surface area contributed by atoms with Crippen molar-refractivity contribution in [1.29, 1.82) is 5.26 Å². The third-order valence-electron chi connectivity index (χ3n) is 8.18. The predicted octanol–water partition coefficient (Wildman–Crippen LogP) is 6.41. The van der Waals surface area contributed by atoms with Crippen molar-refractivity contribution >= 4 is 11.6 Å². The van der Waals surface area contributed by atoms with Crippen LogP contribution >= 0.6 is 11.6 Å². The van der Waals surface area contributed by atoms with Crippen LogP contribution in [-0.4, -0.2) is 48.1 Å². The SMILES string of the molecule is N#CC1(Cc2cc(-c3nnc(C(F)(F)F)[nH]3)cnc2CN2CCC(c3nc(OCc4ccc(Cl)cc4F)ncc3F)CC2)CC1. The van der Waals surface area contributed by atoms with Gasteiger partial charge in [-0.2, -0.15) is 23.4 Å². The lowest BCUT2D eigenvalue weighted by Gasteiger charge is -2.32. The standard InChI is InChI=1S/C30H26ClF5N8O/c31-21-2-1-18(22(32)10-21)15-45-28-39-13-23(33)25(40-28)17-3-7-44(8-4-17)14-24-19(11-29(16-37)5-6-29)9-20(12-38-24)26-41-27(43-42-26)30(34,35)36/h1-2,9-10,12-13,17H,3-8,11,14-15H2,(H,41,42,43). The van der Waals surface area contributed by atoms with Crippen molar-refractivity contribution in [3.63, 3.8) is 0 Å². The molecule has 45 heavy (non-hydrogen) atoms. The normalized spacial score (nSPS) is 16.8. The number of ether oxygens (including phenoxy) is 1. The molecule has 1 N–H and O–H groups in total. The Bertz CT molecular complexity index is 1750. The Hall–Kier alpha value is -4.22. The van der Waals surface area contributed by atoms with Crippen LogP contribution in [0.1, 0.15) is 59.9 Å². The molecule has 0 atom stereocenters. The van der Waals surface area contributed by atoms with E-state index in [0.29, 0.717) is 50.2 Å². The first kappa shape index (κ1) is 30.8. The first-order chi connectivity index (χ1) is 21.5. The number of hydrogen-bond acceptors (Lipinski definition) is 8. The summed E-state index contributed by atoms with van der Waals surface area (Å²) in [5, 5.41) is 16.8. The zero-order chi connectivity index (χ0) is 31.8. The molecule has 1 saturated heterocycles. The summed E-state index contributed by atoms with van der Waals surface area (Å²) >= 11 is 5.80. The molecule has 2 fully saturated rings. The summed E-state index contributed by atoms with van der Waals surface area (Å²) in [6.07, 6.45) is 0.923. The number of hydrogen-bond donors (Lipinski definition) is 1. The van der Waals surface area contributed by atoms with Gasteiger partial charge >= 0.3 is 12.2 Å². The van der Waals surface area contributed by atoms with Crippen LogP contribution in [0.15, 0.2) is 36.7 Å². The highest BCUT2D eigenvalue weighted by molar-refractivity contribution is 6.30. The lowest BCUT2D eigenvalue weighted by molar-refractivity contribution is -0.144. The molecule has 3 aromatic heterocycles. The molecule has 6 rings (SSSR count). The van der Waals surface area contributed by atoms with Gasteiger partial charge in [0, 0.05) is 34.8 Å². The van der Waals surface area contributed by atoms with Crippen molar-refractivity contribution < 1.29 is 26.7 Å². The van der Waals surface area contributed by atoms with Crippen LogP contribution in [0, 0.1) is 28.4 Å². The van der Waals surface area contributed by atoms with E-state index in [-0.39, 0.29) is 40.6 Å². The second-order valence-corrected chi connectivity index (χ2v) is 11.8. The lowest BCUT2D eigenvalue weighted by Crippen LogP contribution is -2.33. The van der Waals surface area contributed by atoms with Gasteiger partial charge in [0.25, 0.3) is 0 Å².